The fourth-order valence-electron chi connectivity index (χ4n) is 2.15. The van der Waals surface area contributed by atoms with Crippen LogP contribution in [0.15, 0.2) is 36.4 Å². The first-order chi connectivity index (χ1) is 9.08. The van der Waals surface area contributed by atoms with Gasteiger partial charge in [0, 0.05) is 0 Å². The predicted molar refractivity (Wildman–Crippen MR) is 75.2 cm³/mol. The monoisotopic (exact) mass is 275 g/mol. The van der Waals surface area contributed by atoms with Gasteiger partial charge in [0.2, 0.25) is 5.95 Å². The molecule has 0 saturated heterocycles. The average Bonchev–Trinajstić information content (AvgIpc) is 2.71. The van der Waals surface area contributed by atoms with Gasteiger partial charge < -0.3 is 5.73 Å². The molecule has 0 amide bonds. The number of aromatic nitrogens is 2. The molecule has 0 atom stereocenters. The van der Waals surface area contributed by atoms with Gasteiger partial charge in [-0.15, -0.1) is 0 Å². The Morgan fingerprint density at radius 3 is 2.79 bits per heavy atom. The molecule has 19 heavy (non-hydrogen) atoms. The Morgan fingerprint density at radius 2 is 2.05 bits per heavy atom. The van der Waals surface area contributed by atoms with Crippen molar-refractivity contribution in [3.8, 4) is 5.69 Å². The standard InChI is InChI=1S/C14H11ClFN3/c1-8-3-2-4-12-13(8)18-14(17)19(12)9-5-6-11(16)10(15)7-9/h2-7H,1H3,(H2,17,18). The van der Waals surface area contributed by atoms with E-state index in [0.29, 0.717) is 11.6 Å². The molecule has 0 bridgehead atoms. The molecule has 0 aliphatic heterocycles. The number of aryl methyl sites for hydroxylation is 1. The first-order valence-corrected chi connectivity index (χ1v) is 6.14. The summed E-state index contributed by atoms with van der Waals surface area (Å²) in [5.74, 6) is -0.100. The van der Waals surface area contributed by atoms with Gasteiger partial charge in [-0.3, -0.25) is 4.57 Å². The second-order valence-electron chi connectivity index (χ2n) is 4.35. The largest absolute Gasteiger partial charge is 0.369 e. The smallest absolute Gasteiger partial charge is 0.205 e. The van der Waals surface area contributed by atoms with Gasteiger partial charge >= 0.3 is 0 Å². The number of nitrogens with two attached hydrogens (primary N) is 1. The van der Waals surface area contributed by atoms with Crippen LogP contribution in [-0.2, 0) is 0 Å². The molecule has 3 rings (SSSR count). The van der Waals surface area contributed by atoms with Gasteiger partial charge in [-0.1, -0.05) is 23.7 Å². The quantitative estimate of drug-likeness (QED) is 0.736. The summed E-state index contributed by atoms with van der Waals surface area (Å²) in [4.78, 5) is 4.35. The summed E-state index contributed by atoms with van der Waals surface area (Å²) in [7, 11) is 0. The van der Waals surface area contributed by atoms with Crippen molar-refractivity contribution in [2.24, 2.45) is 0 Å². The number of imidazole rings is 1. The summed E-state index contributed by atoms with van der Waals surface area (Å²) in [6.45, 7) is 1.97. The minimum Gasteiger partial charge on any atom is -0.369 e. The molecule has 0 spiro atoms. The molecule has 0 aliphatic carbocycles. The van der Waals surface area contributed by atoms with E-state index in [2.05, 4.69) is 4.98 Å². The van der Waals surface area contributed by atoms with Crippen LogP contribution in [0.4, 0.5) is 10.3 Å². The third kappa shape index (κ3) is 1.85. The topological polar surface area (TPSA) is 43.8 Å². The molecule has 0 unspecified atom stereocenters. The van der Waals surface area contributed by atoms with E-state index in [1.54, 1.807) is 10.6 Å². The maximum absolute atomic E-state index is 13.2. The van der Waals surface area contributed by atoms with Crippen LogP contribution in [0.2, 0.25) is 5.02 Å². The fraction of sp³-hybridized carbons (Fsp3) is 0.0714. The Kier molecular flexibility index (Phi) is 2.68. The minimum atomic E-state index is -0.454. The van der Waals surface area contributed by atoms with E-state index >= 15 is 0 Å². The number of hydrogen-bond donors (Lipinski definition) is 1. The van der Waals surface area contributed by atoms with E-state index in [9.17, 15) is 4.39 Å². The number of nitrogens with zero attached hydrogens (tertiary/aromatic N) is 2. The van der Waals surface area contributed by atoms with Crippen LogP contribution >= 0.6 is 11.6 Å². The zero-order valence-electron chi connectivity index (χ0n) is 10.2. The highest BCUT2D eigenvalue weighted by atomic mass is 35.5. The molecule has 0 aliphatic rings. The third-order valence-electron chi connectivity index (χ3n) is 3.07. The van der Waals surface area contributed by atoms with Gasteiger partial charge in [0.25, 0.3) is 0 Å². The molecule has 3 aromatic rings. The van der Waals surface area contributed by atoms with E-state index in [1.165, 1.54) is 12.1 Å². The number of benzene rings is 2. The van der Waals surface area contributed by atoms with E-state index in [1.807, 2.05) is 25.1 Å². The molecule has 0 fully saturated rings. The van der Waals surface area contributed by atoms with E-state index in [0.717, 1.165) is 16.6 Å². The van der Waals surface area contributed by atoms with E-state index in [4.69, 9.17) is 17.3 Å². The Labute approximate surface area is 114 Å². The number of hydrogen-bond acceptors (Lipinski definition) is 2. The number of nitrogen functional groups attached to an aromatic ring is 1. The Balaban J connectivity index is 2.33. The summed E-state index contributed by atoms with van der Waals surface area (Å²) < 4.78 is 15.0. The molecule has 5 heteroatoms. The first kappa shape index (κ1) is 12.0. The number of para-hydroxylation sites is 1. The highest BCUT2D eigenvalue weighted by Gasteiger charge is 2.12. The molecule has 96 valence electrons. The summed E-state index contributed by atoms with van der Waals surface area (Å²) in [6, 6.07) is 10.3. The molecule has 0 saturated carbocycles. The van der Waals surface area contributed by atoms with Gasteiger partial charge in [0.05, 0.1) is 21.7 Å². The number of halogens is 2. The molecule has 1 heterocycles. The molecule has 3 nitrogen and oxygen atoms in total. The van der Waals surface area contributed by atoms with E-state index < -0.39 is 5.82 Å². The minimum absolute atomic E-state index is 0.0615. The molecular formula is C14H11ClFN3. The van der Waals surface area contributed by atoms with Crippen LogP contribution in [-0.4, -0.2) is 9.55 Å². The van der Waals surface area contributed by atoms with Gasteiger partial charge in [-0.25, -0.2) is 9.37 Å². The number of anilines is 1. The lowest BCUT2D eigenvalue weighted by molar-refractivity contribution is 0.628. The van der Waals surface area contributed by atoms with Crippen LogP contribution in [0.5, 0.6) is 0 Å². The summed E-state index contributed by atoms with van der Waals surface area (Å²) in [5, 5.41) is 0.0615. The Hall–Kier alpha value is -2.07. The normalized spacial score (nSPS) is 11.1. The number of rotatable bonds is 1. The fourth-order valence-corrected chi connectivity index (χ4v) is 2.33. The lowest BCUT2D eigenvalue weighted by Crippen LogP contribution is -2.00. The van der Waals surface area contributed by atoms with Crippen molar-refractivity contribution in [1.29, 1.82) is 0 Å². The highest BCUT2D eigenvalue weighted by Crippen LogP contribution is 2.27. The summed E-state index contributed by atoms with van der Waals surface area (Å²) in [5.41, 5.74) is 9.40. The maximum Gasteiger partial charge on any atom is 0.205 e. The van der Waals surface area contributed by atoms with Crippen LogP contribution in [0.1, 0.15) is 5.56 Å². The van der Waals surface area contributed by atoms with Crippen molar-refractivity contribution in [3.05, 3.63) is 52.8 Å². The van der Waals surface area contributed by atoms with Crippen LogP contribution in [0, 0.1) is 12.7 Å². The first-order valence-electron chi connectivity index (χ1n) is 5.77. The lowest BCUT2D eigenvalue weighted by atomic mass is 10.2. The van der Waals surface area contributed by atoms with Crippen molar-refractivity contribution in [1.82, 2.24) is 9.55 Å². The van der Waals surface area contributed by atoms with Crippen molar-refractivity contribution in [2.45, 2.75) is 6.92 Å². The zero-order valence-corrected chi connectivity index (χ0v) is 10.9. The third-order valence-corrected chi connectivity index (χ3v) is 3.36. The van der Waals surface area contributed by atoms with Crippen LogP contribution in [0.3, 0.4) is 0 Å². The van der Waals surface area contributed by atoms with Crippen LogP contribution < -0.4 is 5.73 Å². The van der Waals surface area contributed by atoms with Gasteiger partial charge in [-0.05, 0) is 36.8 Å². The van der Waals surface area contributed by atoms with Gasteiger partial charge in [0.15, 0.2) is 0 Å². The van der Waals surface area contributed by atoms with Gasteiger partial charge in [0.1, 0.15) is 5.82 Å². The second-order valence-corrected chi connectivity index (χ2v) is 4.75. The SMILES string of the molecule is Cc1cccc2c1nc(N)n2-c1ccc(F)c(Cl)c1. The summed E-state index contributed by atoms with van der Waals surface area (Å²) in [6.07, 6.45) is 0. The number of fused-ring (bicyclic) bond motifs is 1. The van der Waals surface area contributed by atoms with Crippen molar-refractivity contribution in [3.63, 3.8) is 0 Å². The maximum atomic E-state index is 13.2. The van der Waals surface area contributed by atoms with Crippen LogP contribution in [0.25, 0.3) is 16.7 Å². The molecule has 1 aromatic heterocycles. The van der Waals surface area contributed by atoms with Crippen molar-refractivity contribution in [2.75, 3.05) is 5.73 Å². The van der Waals surface area contributed by atoms with Crippen molar-refractivity contribution >= 4 is 28.6 Å². The summed E-state index contributed by atoms with van der Waals surface area (Å²) >= 11 is 5.82. The second kappa shape index (κ2) is 4.24. The Morgan fingerprint density at radius 1 is 1.26 bits per heavy atom. The Bertz CT molecular complexity index is 780. The molecular weight excluding hydrogens is 265 g/mol. The average molecular weight is 276 g/mol. The lowest BCUT2D eigenvalue weighted by Gasteiger charge is -2.07. The molecule has 0 radical (unpaired) electrons. The molecule has 2 N–H and O–H groups in total. The van der Waals surface area contributed by atoms with Crippen molar-refractivity contribution < 1.29 is 4.39 Å². The predicted octanol–water partition coefficient (Wildman–Crippen LogP) is 3.71. The molecule has 2 aromatic carbocycles. The van der Waals surface area contributed by atoms with E-state index in [-0.39, 0.29) is 5.02 Å². The highest BCUT2D eigenvalue weighted by molar-refractivity contribution is 6.30. The zero-order chi connectivity index (χ0) is 13.6. The van der Waals surface area contributed by atoms with Gasteiger partial charge in [-0.2, -0.15) is 0 Å².